The van der Waals surface area contributed by atoms with Crippen molar-refractivity contribution in [1.82, 2.24) is 30.1 Å². The average Bonchev–Trinajstić information content (AvgIpc) is 3.65. The molecule has 0 bridgehead atoms. The van der Waals surface area contributed by atoms with E-state index in [2.05, 4.69) is 68.8 Å². The van der Waals surface area contributed by atoms with Crippen molar-refractivity contribution >= 4 is 11.8 Å². The lowest BCUT2D eigenvalue weighted by Gasteiger charge is -2.59. The summed E-state index contributed by atoms with van der Waals surface area (Å²) >= 11 is 0. The molecule has 4 heterocycles. The summed E-state index contributed by atoms with van der Waals surface area (Å²) < 4.78 is 11.2. The minimum absolute atomic E-state index is 0.0255. The van der Waals surface area contributed by atoms with Gasteiger partial charge in [0.1, 0.15) is 12.1 Å². The number of hydrogen-bond donors (Lipinski definition) is 0. The molecule has 2 saturated heterocycles. The molecule has 2 aliphatic carbocycles. The van der Waals surface area contributed by atoms with Gasteiger partial charge in [0.05, 0.1) is 0 Å². The van der Waals surface area contributed by atoms with E-state index in [0.717, 1.165) is 90.1 Å². The smallest absolute Gasteiger partial charge is 0.249 e. The van der Waals surface area contributed by atoms with Gasteiger partial charge in [-0.2, -0.15) is 9.97 Å². The van der Waals surface area contributed by atoms with Crippen LogP contribution in [-0.4, -0.2) is 55.0 Å². The zero-order valence-electron chi connectivity index (χ0n) is 26.8. The predicted molar refractivity (Wildman–Crippen MR) is 172 cm³/mol. The minimum Gasteiger partial charge on any atom is -0.337 e. The summed E-state index contributed by atoms with van der Waals surface area (Å²) in [7, 11) is 0. The minimum atomic E-state index is -0.109. The Morgan fingerprint density at radius 2 is 1.06 bits per heavy atom. The van der Waals surface area contributed by atoms with E-state index < -0.39 is 0 Å². The first kappa shape index (κ1) is 30.0. The Labute approximate surface area is 274 Å². The second-order valence-corrected chi connectivity index (χ2v) is 14.2. The molecule has 0 N–H and O–H groups in total. The molecule has 8 rings (SSSR count). The van der Waals surface area contributed by atoms with Crippen LogP contribution in [-0.2, 0) is 35.3 Å². The molecule has 2 atom stereocenters. The van der Waals surface area contributed by atoms with Gasteiger partial charge in [-0.15, -0.1) is 0 Å². The lowest BCUT2D eigenvalue weighted by atomic mass is 9.47. The van der Waals surface area contributed by atoms with Gasteiger partial charge in [-0.05, 0) is 80.8 Å². The van der Waals surface area contributed by atoms with Crippen LogP contribution in [0.25, 0.3) is 0 Å². The third kappa shape index (κ3) is 6.10. The number of aromatic nitrogens is 4. The number of carbonyl (C=O) groups excluding carboxylic acids is 2. The number of rotatable bonds is 12. The van der Waals surface area contributed by atoms with Crippen LogP contribution in [0.3, 0.4) is 0 Å². The van der Waals surface area contributed by atoms with Crippen molar-refractivity contribution in [3.8, 4) is 0 Å². The van der Waals surface area contributed by atoms with E-state index in [1.165, 1.54) is 11.1 Å². The molecule has 244 valence electrons. The Morgan fingerprint density at radius 1 is 0.638 bits per heavy atom. The van der Waals surface area contributed by atoms with Crippen molar-refractivity contribution < 1.29 is 18.6 Å². The molecule has 2 saturated carbocycles. The fourth-order valence-electron chi connectivity index (χ4n) is 8.14. The topological polar surface area (TPSA) is 118 Å². The van der Waals surface area contributed by atoms with E-state index >= 15 is 0 Å². The molecule has 4 fully saturated rings. The second kappa shape index (κ2) is 12.7. The molecule has 2 aliphatic heterocycles. The number of benzene rings is 2. The highest BCUT2D eigenvalue weighted by molar-refractivity contribution is 5.83. The largest absolute Gasteiger partial charge is 0.337 e. The highest BCUT2D eigenvalue weighted by Crippen LogP contribution is 2.62. The lowest BCUT2D eigenvalue weighted by Crippen LogP contribution is -2.59. The fraction of sp³-hybridized carbons (Fsp3) is 0.514. The Kier molecular flexibility index (Phi) is 8.11. The van der Waals surface area contributed by atoms with E-state index in [0.29, 0.717) is 23.4 Å². The van der Waals surface area contributed by atoms with Gasteiger partial charge in [0.25, 0.3) is 0 Å². The zero-order chi connectivity index (χ0) is 31.8. The summed E-state index contributed by atoms with van der Waals surface area (Å²) in [5.41, 5.74) is 2.74. The maximum atomic E-state index is 13.4. The first-order valence-corrected chi connectivity index (χ1v) is 17.4. The highest BCUT2D eigenvalue weighted by Gasteiger charge is 2.59. The normalized spacial score (nSPS) is 26.3. The van der Waals surface area contributed by atoms with Crippen LogP contribution in [0.15, 0.2) is 69.7 Å². The standard InChI is InChI=1S/C37H42N6O4/c44-35(42-19-17-29(42)33-38-31(40-46-33)15-7-13-25-9-3-1-4-10-25)27-21-37(22-27)23-28(24-37)36(45)43-20-18-30(43)34-39-32(41-47-34)16-8-14-26-11-5-2-6-12-26/h1-6,9-12,27-30H,7-8,13-24H2/t27?,28?,29-,30-,37?/m0/s1. The molecule has 0 radical (unpaired) electrons. The molecule has 1 spiro atoms. The summed E-state index contributed by atoms with van der Waals surface area (Å²) in [6, 6.07) is 20.6. The van der Waals surface area contributed by atoms with E-state index in [1.54, 1.807) is 0 Å². The molecule has 47 heavy (non-hydrogen) atoms. The molecule has 10 heteroatoms. The Hall–Kier alpha value is -4.34. The van der Waals surface area contributed by atoms with Crippen molar-refractivity contribution in [3.63, 3.8) is 0 Å². The van der Waals surface area contributed by atoms with Crippen LogP contribution in [0.4, 0.5) is 0 Å². The molecule has 2 amide bonds. The maximum Gasteiger partial charge on any atom is 0.249 e. The quantitative estimate of drug-likeness (QED) is 0.190. The van der Waals surface area contributed by atoms with Crippen molar-refractivity contribution in [1.29, 1.82) is 0 Å². The number of carbonyl (C=O) groups is 2. The van der Waals surface area contributed by atoms with Gasteiger partial charge in [0.15, 0.2) is 11.6 Å². The van der Waals surface area contributed by atoms with Crippen molar-refractivity contribution in [3.05, 3.63) is 95.2 Å². The molecule has 0 unspecified atom stereocenters. The number of aryl methyl sites for hydroxylation is 4. The van der Waals surface area contributed by atoms with Gasteiger partial charge in [-0.1, -0.05) is 71.0 Å². The SMILES string of the molecule is O=C(C1CC2(C1)CC(C(=O)N1CC[C@H]1c1nc(CCCc3ccccc3)no1)C2)N1CC[C@H]1c1nc(CCCc2ccccc2)no1. The van der Waals surface area contributed by atoms with E-state index in [4.69, 9.17) is 9.05 Å². The highest BCUT2D eigenvalue weighted by atomic mass is 16.5. The monoisotopic (exact) mass is 634 g/mol. The number of likely N-dealkylation sites (tertiary alicyclic amines) is 2. The number of hydrogen-bond acceptors (Lipinski definition) is 8. The van der Waals surface area contributed by atoms with Gasteiger partial charge in [0, 0.05) is 37.8 Å². The van der Waals surface area contributed by atoms with Gasteiger partial charge in [-0.3, -0.25) is 9.59 Å². The summed E-state index contributed by atoms with van der Waals surface area (Å²) in [4.78, 5) is 39.9. The van der Waals surface area contributed by atoms with E-state index in [1.807, 2.05) is 21.9 Å². The van der Waals surface area contributed by atoms with Gasteiger partial charge < -0.3 is 18.8 Å². The molecule has 2 aromatic carbocycles. The van der Waals surface area contributed by atoms with Gasteiger partial charge >= 0.3 is 0 Å². The van der Waals surface area contributed by atoms with Crippen LogP contribution in [0.1, 0.15) is 98.0 Å². The van der Waals surface area contributed by atoms with Crippen LogP contribution in [0.2, 0.25) is 0 Å². The Bertz CT molecular complexity index is 1560. The number of amides is 2. The van der Waals surface area contributed by atoms with Crippen LogP contribution in [0.5, 0.6) is 0 Å². The fourth-order valence-corrected chi connectivity index (χ4v) is 8.14. The van der Waals surface area contributed by atoms with Gasteiger partial charge in [-0.25, -0.2) is 0 Å². The summed E-state index contributed by atoms with van der Waals surface area (Å²) in [6.07, 6.45) is 10.6. The predicted octanol–water partition coefficient (Wildman–Crippen LogP) is 5.86. The molecule has 4 aliphatic rings. The molecule has 4 aromatic rings. The van der Waals surface area contributed by atoms with Crippen molar-refractivity contribution in [2.75, 3.05) is 13.1 Å². The van der Waals surface area contributed by atoms with Crippen molar-refractivity contribution in [2.45, 2.75) is 89.1 Å². The molecule has 10 nitrogen and oxygen atoms in total. The Morgan fingerprint density at radius 3 is 1.45 bits per heavy atom. The average molecular weight is 635 g/mol. The molecule has 2 aromatic heterocycles. The molecular formula is C37H42N6O4. The van der Waals surface area contributed by atoms with Crippen LogP contribution in [0, 0.1) is 17.3 Å². The Balaban J connectivity index is 0.769. The third-order valence-corrected chi connectivity index (χ3v) is 11.0. The van der Waals surface area contributed by atoms with Crippen LogP contribution < -0.4 is 0 Å². The maximum absolute atomic E-state index is 13.4. The zero-order valence-corrected chi connectivity index (χ0v) is 26.8. The third-order valence-electron chi connectivity index (χ3n) is 11.0. The van der Waals surface area contributed by atoms with E-state index in [-0.39, 0.29) is 41.1 Å². The van der Waals surface area contributed by atoms with E-state index in [9.17, 15) is 9.59 Å². The summed E-state index contributed by atoms with van der Waals surface area (Å²) in [5.74, 6) is 3.00. The van der Waals surface area contributed by atoms with Crippen LogP contribution >= 0.6 is 0 Å². The molecular weight excluding hydrogens is 592 g/mol. The van der Waals surface area contributed by atoms with Crippen molar-refractivity contribution in [2.24, 2.45) is 17.3 Å². The first-order chi connectivity index (χ1) is 23.0. The summed E-state index contributed by atoms with van der Waals surface area (Å²) in [5, 5.41) is 8.39. The lowest BCUT2D eigenvalue weighted by molar-refractivity contribution is -0.169. The summed E-state index contributed by atoms with van der Waals surface area (Å²) in [6.45, 7) is 1.47. The number of nitrogens with zero attached hydrogens (tertiary/aromatic N) is 6. The second-order valence-electron chi connectivity index (χ2n) is 14.2. The van der Waals surface area contributed by atoms with Gasteiger partial charge in [0.2, 0.25) is 23.6 Å². The first-order valence-electron chi connectivity index (χ1n) is 17.4.